The first-order chi connectivity index (χ1) is 15.0. The van der Waals surface area contributed by atoms with Crippen LogP contribution in [0.3, 0.4) is 0 Å². The Bertz CT molecular complexity index is 1110. The monoisotopic (exact) mass is 461 g/mol. The average molecular weight is 462 g/mol. The van der Waals surface area contributed by atoms with Crippen LogP contribution in [-0.4, -0.2) is 47.4 Å². The molecule has 2 aromatic rings. The Labute approximate surface area is 189 Å². The molecule has 2 amide bonds. The summed E-state index contributed by atoms with van der Waals surface area (Å²) in [4.78, 5) is 25.5. The molecule has 9 nitrogen and oxygen atoms in total. The van der Waals surface area contributed by atoms with Crippen molar-refractivity contribution in [2.75, 3.05) is 13.1 Å². The molecular weight excluding hydrogens is 430 g/mol. The molecule has 10 heteroatoms. The van der Waals surface area contributed by atoms with Crippen LogP contribution in [0.15, 0.2) is 35.2 Å². The molecular formula is C22H31N5O4S. The zero-order chi connectivity index (χ0) is 23.7. The Balaban J connectivity index is 1.75. The van der Waals surface area contributed by atoms with Crippen LogP contribution in [0.5, 0.6) is 0 Å². The molecule has 0 aliphatic heterocycles. The van der Waals surface area contributed by atoms with Gasteiger partial charge in [-0.3, -0.25) is 25.1 Å². The molecule has 1 aromatic carbocycles. The van der Waals surface area contributed by atoms with Crippen molar-refractivity contribution in [3.8, 4) is 0 Å². The summed E-state index contributed by atoms with van der Waals surface area (Å²) in [6.07, 6.45) is 2.12. The predicted molar refractivity (Wildman–Crippen MR) is 121 cm³/mol. The molecule has 0 spiro atoms. The third-order valence-electron chi connectivity index (χ3n) is 5.32. The number of benzene rings is 1. The maximum atomic E-state index is 12.8. The van der Waals surface area contributed by atoms with Crippen LogP contribution < -0.4 is 10.9 Å². The Hall–Kier alpha value is -2.72. The van der Waals surface area contributed by atoms with Crippen LogP contribution in [0.4, 0.5) is 0 Å². The van der Waals surface area contributed by atoms with E-state index >= 15 is 0 Å². The molecule has 2 N–H and O–H groups in total. The number of hydrogen-bond acceptors (Lipinski definition) is 5. The van der Waals surface area contributed by atoms with Gasteiger partial charge in [0.2, 0.25) is 10.0 Å². The molecule has 0 saturated heterocycles. The molecule has 1 fully saturated rings. The van der Waals surface area contributed by atoms with E-state index < -0.39 is 27.4 Å². The van der Waals surface area contributed by atoms with E-state index in [1.165, 1.54) is 28.6 Å². The van der Waals surface area contributed by atoms with E-state index in [0.717, 1.165) is 18.5 Å². The molecule has 1 aliphatic rings. The van der Waals surface area contributed by atoms with Crippen molar-refractivity contribution in [2.45, 2.75) is 63.8 Å². The zero-order valence-electron chi connectivity index (χ0n) is 19.2. The molecule has 1 aliphatic carbocycles. The standard InChI is InChI=1S/C22H31N5O4S/c1-6-26(7-2)32(30,31)17-10-8-9-16(13-17)20(28)23-24-21(29)19-14-18(15-11-12-15)25-27(19)22(3,4)5/h8-10,13-15H,6-7,11-12H2,1-5H3,(H,23,28)(H,24,29). The average Bonchev–Trinajstić information content (AvgIpc) is 3.49. The highest BCUT2D eigenvalue weighted by Gasteiger charge is 2.31. The quantitative estimate of drug-likeness (QED) is 0.616. The summed E-state index contributed by atoms with van der Waals surface area (Å²) >= 11 is 0. The number of carbonyl (C=O) groups is 2. The summed E-state index contributed by atoms with van der Waals surface area (Å²) in [6, 6.07) is 7.52. The second kappa shape index (κ2) is 9.03. The molecule has 0 unspecified atom stereocenters. The minimum atomic E-state index is -3.70. The summed E-state index contributed by atoms with van der Waals surface area (Å²) < 4.78 is 28.4. The summed E-state index contributed by atoms with van der Waals surface area (Å²) in [5, 5.41) is 4.59. The van der Waals surface area contributed by atoms with Gasteiger partial charge < -0.3 is 0 Å². The lowest BCUT2D eigenvalue weighted by Gasteiger charge is -2.22. The fourth-order valence-electron chi connectivity index (χ4n) is 3.41. The van der Waals surface area contributed by atoms with E-state index in [9.17, 15) is 18.0 Å². The van der Waals surface area contributed by atoms with Gasteiger partial charge in [-0.15, -0.1) is 0 Å². The first-order valence-corrected chi connectivity index (χ1v) is 12.2. The minimum Gasteiger partial charge on any atom is -0.267 e. The van der Waals surface area contributed by atoms with Crippen molar-refractivity contribution in [2.24, 2.45) is 0 Å². The fourth-order valence-corrected chi connectivity index (χ4v) is 4.92. The van der Waals surface area contributed by atoms with Crippen molar-refractivity contribution >= 4 is 21.8 Å². The maximum absolute atomic E-state index is 12.8. The van der Waals surface area contributed by atoms with Gasteiger partial charge in [0.1, 0.15) is 5.69 Å². The van der Waals surface area contributed by atoms with Crippen LogP contribution in [-0.2, 0) is 15.6 Å². The molecule has 0 radical (unpaired) electrons. The van der Waals surface area contributed by atoms with Gasteiger partial charge in [0.15, 0.2) is 0 Å². The minimum absolute atomic E-state index is 0.0278. The van der Waals surface area contributed by atoms with Crippen LogP contribution >= 0.6 is 0 Å². The van der Waals surface area contributed by atoms with E-state index in [-0.39, 0.29) is 10.5 Å². The van der Waals surface area contributed by atoms with Gasteiger partial charge in [-0.1, -0.05) is 19.9 Å². The topological polar surface area (TPSA) is 113 Å². The van der Waals surface area contributed by atoms with E-state index in [4.69, 9.17) is 0 Å². The summed E-state index contributed by atoms with van der Waals surface area (Å²) in [6.45, 7) is 10.0. The largest absolute Gasteiger partial charge is 0.287 e. The number of carbonyl (C=O) groups excluding carboxylic acids is 2. The van der Waals surface area contributed by atoms with Crippen molar-refractivity contribution in [1.29, 1.82) is 0 Å². The highest BCUT2D eigenvalue weighted by atomic mass is 32.2. The Morgan fingerprint density at radius 2 is 1.72 bits per heavy atom. The highest BCUT2D eigenvalue weighted by Crippen LogP contribution is 2.40. The van der Waals surface area contributed by atoms with Gasteiger partial charge in [-0.2, -0.15) is 9.40 Å². The second-order valence-corrected chi connectivity index (χ2v) is 10.8. The number of nitrogens with one attached hydrogen (secondary N) is 2. The van der Waals surface area contributed by atoms with E-state index in [2.05, 4.69) is 16.0 Å². The number of rotatable bonds is 7. The number of hydrogen-bond donors (Lipinski definition) is 2. The predicted octanol–water partition coefficient (Wildman–Crippen LogP) is 2.62. The normalized spacial score (nSPS) is 14.4. The molecule has 174 valence electrons. The maximum Gasteiger partial charge on any atom is 0.287 e. The van der Waals surface area contributed by atoms with Crippen molar-refractivity contribution in [3.63, 3.8) is 0 Å². The smallest absolute Gasteiger partial charge is 0.267 e. The number of aromatic nitrogens is 2. The lowest BCUT2D eigenvalue weighted by molar-refractivity contribution is 0.0836. The van der Waals surface area contributed by atoms with Gasteiger partial charge in [-0.05, 0) is 57.9 Å². The van der Waals surface area contributed by atoms with Crippen molar-refractivity contribution < 1.29 is 18.0 Å². The Morgan fingerprint density at radius 1 is 1.09 bits per heavy atom. The summed E-state index contributed by atoms with van der Waals surface area (Å²) in [5.74, 6) is -0.714. The van der Waals surface area contributed by atoms with E-state index in [1.54, 1.807) is 24.6 Å². The zero-order valence-corrected chi connectivity index (χ0v) is 20.0. The second-order valence-electron chi connectivity index (χ2n) is 8.84. The van der Waals surface area contributed by atoms with E-state index in [0.29, 0.717) is 24.7 Å². The van der Waals surface area contributed by atoms with Gasteiger partial charge in [0.05, 0.1) is 16.1 Å². The van der Waals surface area contributed by atoms with Crippen LogP contribution in [0.1, 0.15) is 79.9 Å². The number of hydrazine groups is 1. The van der Waals surface area contributed by atoms with Crippen LogP contribution in [0, 0.1) is 0 Å². The molecule has 1 aromatic heterocycles. The fraction of sp³-hybridized carbons (Fsp3) is 0.500. The number of sulfonamides is 1. The molecule has 1 saturated carbocycles. The van der Waals surface area contributed by atoms with E-state index in [1.807, 2.05) is 20.8 Å². The number of nitrogens with zero attached hydrogens (tertiary/aromatic N) is 3. The molecule has 32 heavy (non-hydrogen) atoms. The molecule has 0 bridgehead atoms. The SMILES string of the molecule is CCN(CC)S(=O)(=O)c1cccc(C(=O)NNC(=O)c2cc(C3CC3)nn2C(C)(C)C)c1. The Morgan fingerprint density at radius 3 is 2.28 bits per heavy atom. The first-order valence-electron chi connectivity index (χ1n) is 10.8. The third-order valence-corrected chi connectivity index (χ3v) is 7.37. The van der Waals surface area contributed by atoms with Crippen LogP contribution in [0.25, 0.3) is 0 Å². The lowest BCUT2D eigenvalue weighted by atomic mass is 10.1. The highest BCUT2D eigenvalue weighted by molar-refractivity contribution is 7.89. The van der Waals surface area contributed by atoms with Gasteiger partial charge in [-0.25, -0.2) is 8.42 Å². The Kier molecular flexibility index (Phi) is 6.75. The molecule has 1 heterocycles. The van der Waals surface area contributed by atoms with Crippen molar-refractivity contribution in [3.05, 3.63) is 47.3 Å². The lowest BCUT2D eigenvalue weighted by Crippen LogP contribution is -2.43. The van der Waals surface area contributed by atoms with Crippen molar-refractivity contribution in [1.82, 2.24) is 24.9 Å². The van der Waals surface area contributed by atoms with Gasteiger partial charge in [0, 0.05) is 24.6 Å². The molecule has 0 atom stereocenters. The molecule has 3 rings (SSSR count). The van der Waals surface area contributed by atoms with Crippen LogP contribution in [0.2, 0.25) is 0 Å². The number of amides is 2. The summed E-state index contributed by atoms with van der Waals surface area (Å²) in [5.41, 5.74) is 5.76. The first kappa shape index (κ1) is 23.9. The summed E-state index contributed by atoms with van der Waals surface area (Å²) in [7, 11) is -3.70. The van der Waals surface area contributed by atoms with Gasteiger partial charge >= 0.3 is 0 Å². The van der Waals surface area contributed by atoms with Gasteiger partial charge in [0.25, 0.3) is 11.8 Å². The third kappa shape index (κ3) is 5.02.